The van der Waals surface area contributed by atoms with Crippen LogP contribution in [0.25, 0.3) is 6.08 Å². The number of nitriles is 1. The average Bonchev–Trinajstić information content (AvgIpc) is 3.51. The Hall–Kier alpha value is -3.66. The number of esters is 1. The van der Waals surface area contributed by atoms with Crippen LogP contribution >= 0.6 is 0 Å². The van der Waals surface area contributed by atoms with Crippen LogP contribution in [0.5, 0.6) is 0 Å². The van der Waals surface area contributed by atoms with Crippen LogP contribution < -0.4 is 5.32 Å². The summed E-state index contributed by atoms with van der Waals surface area (Å²) in [5, 5.41) is 12.1. The van der Waals surface area contributed by atoms with Gasteiger partial charge in [0.2, 0.25) is 0 Å². The molecule has 1 aliphatic rings. The van der Waals surface area contributed by atoms with Gasteiger partial charge in [0, 0.05) is 28.7 Å². The molecule has 1 saturated carbocycles. The lowest BCUT2D eigenvalue weighted by atomic mass is 10.1. The zero-order valence-corrected chi connectivity index (χ0v) is 18.1. The van der Waals surface area contributed by atoms with Crippen molar-refractivity contribution in [1.29, 1.82) is 5.26 Å². The highest BCUT2D eigenvalue weighted by Crippen LogP contribution is 2.38. The van der Waals surface area contributed by atoms with Crippen molar-refractivity contribution >= 4 is 29.4 Å². The van der Waals surface area contributed by atoms with Crippen molar-refractivity contribution < 1.29 is 19.1 Å². The van der Waals surface area contributed by atoms with E-state index in [0.29, 0.717) is 17.3 Å². The van der Waals surface area contributed by atoms with Crippen molar-refractivity contribution in [3.63, 3.8) is 0 Å². The Kier molecular flexibility index (Phi) is 6.40. The molecule has 1 aromatic heterocycles. The van der Waals surface area contributed by atoms with Crippen LogP contribution in [-0.4, -0.2) is 28.3 Å². The molecule has 1 heterocycles. The smallest absolute Gasteiger partial charge is 0.349 e. The van der Waals surface area contributed by atoms with Gasteiger partial charge in [0.1, 0.15) is 11.6 Å². The molecule has 1 aliphatic carbocycles. The maximum Gasteiger partial charge on any atom is 0.349 e. The molecule has 160 valence electrons. The zero-order chi connectivity index (χ0) is 22.7. The number of nitrogens with zero attached hydrogens (tertiary/aromatic N) is 2. The summed E-state index contributed by atoms with van der Waals surface area (Å²) in [6.07, 6.45) is 2.65. The summed E-state index contributed by atoms with van der Waals surface area (Å²) in [6, 6.07) is 10.8. The third-order valence-electron chi connectivity index (χ3n) is 5.27. The molecule has 0 radical (unpaired) electrons. The van der Waals surface area contributed by atoms with Gasteiger partial charge in [-0.3, -0.25) is 9.59 Å². The van der Waals surface area contributed by atoms with Gasteiger partial charge in [-0.1, -0.05) is 12.1 Å². The number of nitrogens with one attached hydrogen (secondary N) is 1. The number of amides is 1. The Morgan fingerprint density at radius 2 is 1.97 bits per heavy atom. The maximum atomic E-state index is 12.5. The molecule has 1 atom stereocenters. The Morgan fingerprint density at radius 1 is 1.26 bits per heavy atom. The van der Waals surface area contributed by atoms with Gasteiger partial charge in [-0.25, -0.2) is 4.79 Å². The summed E-state index contributed by atoms with van der Waals surface area (Å²) in [7, 11) is 0. The first-order chi connectivity index (χ1) is 14.7. The lowest BCUT2D eigenvalue weighted by Crippen LogP contribution is -2.30. The second-order valence-corrected chi connectivity index (χ2v) is 7.77. The molecule has 3 rings (SSSR count). The number of ether oxygens (including phenoxy) is 1. The Balaban J connectivity index is 1.69. The minimum absolute atomic E-state index is 0.125. The van der Waals surface area contributed by atoms with Gasteiger partial charge in [0.15, 0.2) is 11.9 Å². The number of benzene rings is 1. The first-order valence-corrected chi connectivity index (χ1v) is 10.1. The fraction of sp³-hybridized carbons (Fsp3) is 0.333. The van der Waals surface area contributed by atoms with Crippen LogP contribution in [0.2, 0.25) is 0 Å². The molecule has 2 aromatic rings. The molecule has 31 heavy (non-hydrogen) atoms. The van der Waals surface area contributed by atoms with E-state index < -0.39 is 18.0 Å². The lowest BCUT2D eigenvalue weighted by Gasteiger charge is -2.13. The van der Waals surface area contributed by atoms with Gasteiger partial charge < -0.3 is 14.6 Å². The van der Waals surface area contributed by atoms with Crippen molar-refractivity contribution in [2.45, 2.75) is 52.7 Å². The van der Waals surface area contributed by atoms with E-state index in [1.807, 2.05) is 26.0 Å². The van der Waals surface area contributed by atoms with Crippen LogP contribution in [0.4, 0.5) is 5.69 Å². The van der Waals surface area contributed by atoms with Crippen molar-refractivity contribution in [2.75, 3.05) is 5.32 Å². The maximum absolute atomic E-state index is 12.5. The van der Waals surface area contributed by atoms with E-state index in [0.717, 1.165) is 29.8 Å². The predicted molar refractivity (Wildman–Crippen MR) is 116 cm³/mol. The monoisotopic (exact) mass is 419 g/mol. The molecule has 1 fully saturated rings. The van der Waals surface area contributed by atoms with E-state index >= 15 is 0 Å². The molecule has 1 aromatic carbocycles. The third kappa shape index (κ3) is 5.10. The van der Waals surface area contributed by atoms with E-state index in [4.69, 9.17) is 4.74 Å². The van der Waals surface area contributed by atoms with Crippen LogP contribution in [0.3, 0.4) is 0 Å². The molecule has 1 N–H and O–H groups in total. The number of rotatable bonds is 7. The standard InChI is InChI=1S/C24H25N3O4/c1-14-10-19(15(2)27(14)22-8-9-22)11-20(13-25)24(30)31-17(4)23(29)26-21-7-5-6-18(12-21)16(3)28/h5-7,10-12,17,22H,8-9H2,1-4H3,(H,26,29)/b20-11+/t17-/m1/s1. The molecule has 7 nitrogen and oxygen atoms in total. The van der Waals surface area contributed by atoms with Crippen LogP contribution in [0, 0.1) is 25.2 Å². The predicted octanol–water partition coefficient (Wildman–Crippen LogP) is 4.12. The summed E-state index contributed by atoms with van der Waals surface area (Å²) < 4.78 is 7.43. The van der Waals surface area contributed by atoms with Crippen molar-refractivity contribution in [3.05, 3.63) is 58.4 Å². The van der Waals surface area contributed by atoms with Gasteiger partial charge in [-0.05, 0) is 70.4 Å². The van der Waals surface area contributed by atoms with Gasteiger partial charge in [0.05, 0.1) is 0 Å². The van der Waals surface area contributed by atoms with Gasteiger partial charge in [0.25, 0.3) is 5.91 Å². The first-order valence-electron chi connectivity index (χ1n) is 10.1. The van der Waals surface area contributed by atoms with E-state index in [9.17, 15) is 19.6 Å². The number of ketones is 1. The van der Waals surface area contributed by atoms with E-state index in [1.165, 1.54) is 19.9 Å². The molecular weight excluding hydrogens is 394 g/mol. The molecule has 7 heteroatoms. The second kappa shape index (κ2) is 9.00. The Labute approximate surface area is 181 Å². The van der Waals surface area contributed by atoms with Gasteiger partial charge in [-0.15, -0.1) is 0 Å². The minimum atomic E-state index is -1.12. The summed E-state index contributed by atoms with van der Waals surface area (Å²) in [4.78, 5) is 36.4. The van der Waals surface area contributed by atoms with Gasteiger partial charge in [-0.2, -0.15) is 5.26 Å². The summed E-state index contributed by atoms with van der Waals surface area (Å²) in [5.41, 5.74) is 3.57. The number of hydrogen-bond acceptors (Lipinski definition) is 5. The topological polar surface area (TPSA) is 101 Å². The molecular formula is C24H25N3O4. The number of aromatic nitrogens is 1. The number of anilines is 1. The summed E-state index contributed by atoms with van der Waals surface area (Å²) >= 11 is 0. The Morgan fingerprint density at radius 3 is 2.58 bits per heavy atom. The van der Waals surface area contributed by atoms with E-state index in [-0.39, 0.29) is 11.4 Å². The largest absolute Gasteiger partial charge is 0.448 e. The molecule has 0 aliphatic heterocycles. The molecule has 0 saturated heterocycles. The highest BCUT2D eigenvalue weighted by Gasteiger charge is 2.27. The number of hydrogen-bond donors (Lipinski definition) is 1. The normalized spacial score (nSPS) is 14.5. The number of aryl methyl sites for hydroxylation is 1. The fourth-order valence-electron chi connectivity index (χ4n) is 3.47. The van der Waals surface area contributed by atoms with Crippen molar-refractivity contribution in [2.24, 2.45) is 0 Å². The van der Waals surface area contributed by atoms with E-state index in [2.05, 4.69) is 9.88 Å². The first kappa shape index (κ1) is 22.0. The number of carbonyl (C=O) groups is 3. The van der Waals surface area contributed by atoms with Crippen LogP contribution in [-0.2, 0) is 14.3 Å². The van der Waals surface area contributed by atoms with E-state index in [1.54, 1.807) is 24.3 Å². The lowest BCUT2D eigenvalue weighted by molar-refractivity contribution is -0.148. The third-order valence-corrected chi connectivity index (χ3v) is 5.27. The SMILES string of the molecule is CC(=O)c1cccc(NC(=O)[C@@H](C)OC(=O)/C(C#N)=C/c2cc(C)n(C3CC3)c2C)c1. The fourth-order valence-corrected chi connectivity index (χ4v) is 3.47. The number of carbonyl (C=O) groups excluding carboxylic acids is 3. The Bertz CT molecular complexity index is 1120. The summed E-state index contributed by atoms with van der Waals surface area (Å²) in [6.45, 7) is 6.82. The minimum Gasteiger partial charge on any atom is -0.448 e. The molecule has 1 amide bonds. The highest BCUT2D eigenvalue weighted by atomic mass is 16.5. The molecule has 0 spiro atoms. The molecule has 0 unspecified atom stereocenters. The average molecular weight is 419 g/mol. The van der Waals surface area contributed by atoms with Crippen LogP contribution in [0.15, 0.2) is 35.9 Å². The van der Waals surface area contributed by atoms with Gasteiger partial charge >= 0.3 is 5.97 Å². The summed E-state index contributed by atoms with van der Waals surface area (Å²) in [5.74, 6) is -1.54. The zero-order valence-electron chi connectivity index (χ0n) is 18.1. The quantitative estimate of drug-likeness (QED) is 0.315. The van der Waals surface area contributed by atoms with Crippen molar-refractivity contribution in [1.82, 2.24) is 4.57 Å². The second-order valence-electron chi connectivity index (χ2n) is 7.77. The van der Waals surface area contributed by atoms with Crippen molar-refractivity contribution in [3.8, 4) is 6.07 Å². The molecule has 0 bridgehead atoms. The number of Topliss-reactive ketones (excluding diaryl/α,β-unsaturated/α-hetero) is 1. The highest BCUT2D eigenvalue weighted by molar-refractivity contribution is 6.02. The van der Waals surface area contributed by atoms with Crippen LogP contribution in [0.1, 0.15) is 60.0 Å².